The third-order valence-corrected chi connectivity index (χ3v) is 4.20. The molecule has 0 bridgehead atoms. The SMILES string of the molecule is CNc1snc(C)c1C(=O)Nc1cc(OC)c(OC)c(OC)c1. The lowest BCUT2D eigenvalue weighted by atomic mass is 10.2. The van der Waals surface area contributed by atoms with Gasteiger partial charge in [-0.2, -0.15) is 4.37 Å². The summed E-state index contributed by atoms with van der Waals surface area (Å²) in [5, 5.41) is 6.52. The molecule has 0 aliphatic heterocycles. The molecule has 1 amide bonds. The van der Waals surface area contributed by atoms with Crippen LogP contribution in [0, 0.1) is 6.92 Å². The minimum absolute atomic E-state index is 0.255. The molecular weight excluding hydrogens is 318 g/mol. The van der Waals surface area contributed by atoms with E-state index >= 15 is 0 Å². The summed E-state index contributed by atoms with van der Waals surface area (Å²) >= 11 is 1.25. The molecule has 2 aromatic rings. The van der Waals surface area contributed by atoms with E-state index in [2.05, 4.69) is 15.0 Å². The Morgan fingerprint density at radius 3 is 2.22 bits per heavy atom. The smallest absolute Gasteiger partial charge is 0.260 e. The molecule has 0 saturated heterocycles. The Bertz CT molecular complexity index is 690. The third kappa shape index (κ3) is 3.31. The summed E-state index contributed by atoms with van der Waals surface area (Å²) in [6.45, 7) is 1.79. The van der Waals surface area contributed by atoms with Crippen molar-refractivity contribution in [2.24, 2.45) is 0 Å². The highest BCUT2D eigenvalue weighted by Gasteiger charge is 2.20. The van der Waals surface area contributed by atoms with Crippen LogP contribution in [0.2, 0.25) is 0 Å². The van der Waals surface area contributed by atoms with Crippen molar-refractivity contribution in [1.29, 1.82) is 0 Å². The first-order valence-corrected chi connectivity index (χ1v) is 7.58. The second-order valence-corrected chi connectivity index (χ2v) is 5.36. The van der Waals surface area contributed by atoms with Crippen LogP contribution in [0.25, 0.3) is 0 Å². The number of methoxy groups -OCH3 is 3. The monoisotopic (exact) mass is 337 g/mol. The van der Waals surface area contributed by atoms with E-state index in [0.29, 0.717) is 39.2 Å². The summed E-state index contributed by atoms with van der Waals surface area (Å²) in [5.41, 5.74) is 1.73. The van der Waals surface area contributed by atoms with Crippen LogP contribution in [0.4, 0.5) is 10.7 Å². The highest BCUT2D eigenvalue weighted by atomic mass is 32.1. The number of hydrogen-bond acceptors (Lipinski definition) is 7. The normalized spacial score (nSPS) is 10.1. The van der Waals surface area contributed by atoms with Gasteiger partial charge in [-0.15, -0.1) is 0 Å². The lowest BCUT2D eigenvalue weighted by molar-refractivity contribution is 0.102. The number of benzene rings is 1. The summed E-state index contributed by atoms with van der Waals surface area (Å²) in [5.74, 6) is 1.15. The molecule has 0 unspecified atom stereocenters. The largest absolute Gasteiger partial charge is 0.493 e. The fraction of sp³-hybridized carbons (Fsp3) is 0.333. The van der Waals surface area contributed by atoms with Gasteiger partial charge < -0.3 is 24.8 Å². The van der Waals surface area contributed by atoms with Gasteiger partial charge in [-0.1, -0.05) is 0 Å². The summed E-state index contributed by atoms with van der Waals surface area (Å²) in [6.07, 6.45) is 0. The molecule has 7 nitrogen and oxygen atoms in total. The number of ether oxygens (including phenoxy) is 3. The van der Waals surface area contributed by atoms with Crippen molar-refractivity contribution >= 4 is 28.1 Å². The minimum Gasteiger partial charge on any atom is -0.493 e. The zero-order valence-corrected chi connectivity index (χ0v) is 14.5. The number of nitrogens with zero attached hydrogens (tertiary/aromatic N) is 1. The van der Waals surface area contributed by atoms with Gasteiger partial charge in [0, 0.05) is 24.9 Å². The molecule has 0 fully saturated rings. The molecule has 8 heteroatoms. The van der Waals surface area contributed by atoms with Crippen LogP contribution in [-0.4, -0.2) is 38.7 Å². The minimum atomic E-state index is -0.255. The molecule has 0 radical (unpaired) electrons. The Morgan fingerprint density at radius 2 is 1.74 bits per heavy atom. The molecule has 2 rings (SSSR count). The van der Waals surface area contributed by atoms with Crippen molar-refractivity contribution in [3.8, 4) is 17.2 Å². The van der Waals surface area contributed by atoms with Crippen LogP contribution in [0.5, 0.6) is 17.2 Å². The van der Waals surface area contributed by atoms with Crippen LogP contribution in [0.15, 0.2) is 12.1 Å². The summed E-state index contributed by atoms with van der Waals surface area (Å²) in [4.78, 5) is 12.5. The van der Waals surface area contributed by atoms with Crippen molar-refractivity contribution in [1.82, 2.24) is 4.37 Å². The average molecular weight is 337 g/mol. The van der Waals surface area contributed by atoms with Gasteiger partial charge in [0.25, 0.3) is 5.91 Å². The zero-order chi connectivity index (χ0) is 17.0. The first-order chi connectivity index (χ1) is 11.0. The van der Waals surface area contributed by atoms with Crippen molar-refractivity contribution < 1.29 is 19.0 Å². The predicted octanol–water partition coefficient (Wildman–Crippen LogP) is 2.77. The molecule has 0 atom stereocenters. The number of anilines is 2. The molecule has 0 aliphatic carbocycles. The lowest BCUT2D eigenvalue weighted by Crippen LogP contribution is -2.14. The fourth-order valence-corrected chi connectivity index (χ4v) is 2.90. The van der Waals surface area contributed by atoms with E-state index < -0.39 is 0 Å². The van der Waals surface area contributed by atoms with Crippen LogP contribution >= 0.6 is 11.5 Å². The number of amides is 1. The number of carbonyl (C=O) groups excluding carboxylic acids is 1. The first kappa shape index (κ1) is 16.9. The molecule has 124 valence electrons. The van der Waals surface area contributed by atoms with E-state index in [1.54, 1.807) is 26.1 Å². The van der Waals surface area contributed by atoms with Crippen molar-refractivity contribution in [2.75, 3.05) is 39.0 Å². The number of carbonyl (C=O) groups is 1. The van der Waals surface area contributed by atoms with Crippen molar-refractivity contribution in [3.05, 3.63) is 23.4 Å². The molecule has 1 aromatic carbocycles. The van der Waals surface area contributed by atoms with Gasteiger partial charge in [-0.3, -0.25) is 4.79 Å². The predicted molar refractivity (Wildman–Crippen MR) is 90.4 cm³/mol. The van der Waals surface area contributed by atoms with E-state index in [4.69, 9.17) is 14.2 Å². The van der Waals surface area contributed by atoms with Gasteiger partial charge in [0.05, 0.1) is 32.6 Å². The number of hydrogen-bond donors (Lipinski definition) is 2. The summed E-state index contributed by atoms with van der Waals surface area (Å²) in [6, 6.07) is 3.35. The number of nitrogens with one attached hydrogen (secondary N) is 2. The van der Waals surface area contributed by atoms with Gasteiger partial charge in [0.2, 0.25) is 5.75 Å². The molecule has 0 saturated carbocycles. The standard InChI is InChI=1S/C15H19N3O4S/c1-8-12(15(16-2)23-18-8)14(19)17-9-6-10(20-3)13(22-5)11(7-9)21-4/h6-7,16H,1-5H3,(H,17,19). The maximum atomic E-state index is 12.5. The maximum Gasteiger partial charge on any atom is 0.260 e. The first-order valence-electron chi connectivity index (χ1n) is 6.81. The van der Waals surface area contributed by atoms with Gasteiger partial charge in [0.15, 0.2) is 11.5 Å². The van der Waals surface area contributed by atoms with E-state index in [9.17, 15) is 4.79 Å². The molecule has 2 N–H and O–H groups in total. The number of aryl methyl sites for hydroxylation is 1. The van der Waals surface area contributed by atoms with E-state index in [-0.39, 0.29) is 5.91 Å². The van der Waals surface area contributed by atoms with Crippen LogP contribution in [0.1, 0.15) is 16.1 Å². The molecule has 23 heavy (non-hydrogen) atoms. The summed E-state index contributed by atoms with van der Waals surface area (Å²) < 4.78 is 20.0. The van der Waals surface area contributed by atoms with Gasteiger partial charge >= 0.3 is 0 Å². The van der Waals surface area contributed by atoms with E-state index in [0.717, 1.165) is 0 Å². The Labute approximate surface area is 138 Å². The highest BCUT2D eigenvalue weighted by molar-refractivity contribution is 7.10. The molecule has 0 spiro atoms. The average Bonchev–Trinajstić information content (AvgIpc) is 2.94. The Kier molecular flexibility index (Phi) is 5.28. The topological polar surface area (TPSA) is 81.7 Å². The van der Waals surface area contributed by atoms with Crippen LogP contribution in [0.3, 0.4) is 0 Å². The number of rotatable bonds is 6. The van der Waals surface area contributed by atoms with E-state index in [1.807, 2.05) is 0 Å². The van der Waals surface area contributed by atoms with Crippen molar-refractivity contribution in [3.63, 3.8) is 0 Å². The van der Waals surface area contributed by atoms with Crippen LogP contribution in [-0.2, 0) is 0 Å². The third-order valence-electron chi connectivity index (χ3n) is 3.24. The van der Waals surface area contributed by atoms with Crippen LogP contribution < -0.4 is 24.8 Å². The zero-order valence-electron chi connectivity index (χ0n) is 13.6. The van der Waals surface area contributed by atoms with E-state index in [1.165, 1.54) is 32.9 Å². The Hall–Kier alpha value is -2.48. The Morgan fingerprint density at radius 1 is 1.13 bits per heavy atom. The second kappa shape index (κ2) is 7.19. The molecule has 0 aliphatic rings. The highest BCUT2D eigenvalue weighted by Crippen LogP contribution is 2.40. The molecular formula is C15H19N3O4S. The van der Waals surface area contributed by atoms with Gasteiger partial charge in [-0.05, 0) is 18.5 Å². The Balaban J connectivity index is 2.36. The van der Waals surface area contributed by atoms with Gasteiger partial charge in [-0.25, -0.2) is 0 Å². The fourth-order valence-electron chi connectivity index (χ4n) is 2.15. The number of aromatic nitrogens is 1. The molecule has 1 heterocycles. The maximum absolute atomic E-state index is 12.5. The molecule has 1 aromatic heterocycles. The lowest BCUT2D eigenvalue weighted by Gasteiger charge is -2.14. The second-order valence-electron chi connectivity index (χ2n) is 4.59. The van der Waals surface area contributed by atoms with Gasteiger partial charge in [0.1, 0.15) is 5.00 Å². The summed E-state index contributed by atoms with van der Waals surface area (Å²) in [7, 11) is 6.32. The van der Waals surface area contributed by atoms with Crippen molar-refractivity contribution in [2.45, 2.75) is 6.92 Å². The quantitative estimate of drug-likeness (QED) is 0.843.